The summed E-state index contributed by atoms with van der Waals surface area (Å²) in [6.45, 7) is 21.0. The SMILES string of the molecule is CC12C(=C3Cc4ccccc4C3=C3C=CCCC31)C(C)(C(C1=CC=CC1)(c1ccc(Cl)cc1)c1ccc(Cl)cc1)C(C)(C)C(C)(C)C2(C)C. The molecule has 3 atom stereocenters. The Hall–Kier alpha value is -3.06. The van der Waals surface area contributed by atoms with Crippen LogP contribution in [0, 0.1) is 33.0 Å². The van der Waals surface area contributed by atoms with Crippen molar-refractivity contribution >= 4 is 28.8 Å². The molecule has 0 heterocycles. The molecular weight excluding hydrogens is 635 g/mol. The molecule has 3 aromatic rings. The van der Waals surface area contributed by atoms with E-state index in [4.69, 9.17) is 23.2 Å². The van der Waals surface area contributed by atoms with Crippen LogP contribution in [0.2, 0.25) is 10.0 Å². The molecule has 0 radical (unpaired) electrons. The van der Waals surface area contributed by atoms with Crippen molar-refractivity contribution in [3.8, 4) is 0 Å². The van der Waals surface area contributed by atoms with E-state index in [2.05, 4.69) is 159 Å². The Morgan fingerprint density at radius 1 is 0.694 bits per heavy atom. The summed E-state index contributed by atoms with van der Waals surface area (Å²) in [6.07, 6.45) is 16.2. The Morgan fingerprint density at radius 3 is 1.90 bits per heavy atom. The van der Waals surface area contributed by atoms with Crippen molar-refractivity contribution in [1.29, 1.82) is 0 Å². The molecule has 5 aliphatic carbocycles. The van der Waals surface area contributed by atoms with Crippen molar-refractivity contribution in [2.75, 3.05) is 0 Å². The van der Waals surface area contributed by atoms with Crippen molar-refractivity contribution in [3.63, 3.8) is 0 Å². The largest absolute Gasteiger partial charge is 0.0843 e. The Labute approximate surface area is 304 Å². The number of hydrogen-bond acceptors (Lipinski definition) is 0. The fraction of sp³-hybridized carbons (Fsp3) is 0.404. The highest BCUT2D eigenvalue weighted by atomic mass is 35.5. The van der Waals surface area contributed by atoms with E-state index in [0.717, 1.165) is 29.3 Å². The van der Waals surface area contributed by atoms with Gasteiger partial charge in [-0.05, 0) is 111 Å². The van der Waals surface area contributed by atoms with Crippen molar-refractivity contribution < 1.29 is 0 Å². The van der Waals surface area contributed by atoms with E-state index in [1.165, 1.54) is 39.8 Å². The van der Waals surface area contributed by atoms with E-state index in [1.54, 1.807) is 16.7 Å². The van der Waals surface area contributed by atoms with Gasteiger partial charge in [-0.3, -0.25) is 0 Å². The number of hydrogen-bond donors (Lipinski definition) is 0. The van der Waals surface area contributed by atoms with Crippen LogP contribution in [0.4, 0.5) is 0 Å². The molecule has 252 valence electrons. The number of fused-ring (bicyclic) bond motifs is 6. The third kappa shape index (κ3) is 3.84. The Morgan fingerprint density at radius 2 is 1.31 bits per heavy atom. The monoisotopic (exact) mass is 684 g/mol. The standard InChI is InChI=1S/C47H50Cl2/c1-42(2)43(3,4)45(7)39-20-14-13-19-37(39)40-36-18-12-9-15-30(36)29-38(40)41(45)46(8,44(42,5)6)47(31-16-10-11-17-31,32-21-25-34(48)26-22-32)33-23-27-35(49)28-24-33/h9-13,15-16,18-19,21-28,39H,14,17,20,29H2,1-8H3. The summed E-state index contributed by atoms with van der Waals surface area (Å²) in [5, 5.41) is 1.53. The fourth-order valence-corrected chi connectivity index (χ4v) is 12.4. The summed E-state index contributed by atoms with van der Waals surface area (Å²) < 4.78 is 0. The van der Waals surface area contributed by atoms with Crippen LogP contribution in [0.1, 0.15) is 96.9 Å². The van der Waals surface area contributed by atoms with Crippen LogP contribution in [0.25, 0.3) is 5.57 Å². The lowest BCUT2D eigenvalue weighted by Gasteiger charge is -2.78. The zero-order valence-electron chi connectivity index (χ0n) is 30.5. The third-order valence-electron chi connectivity index (χ3n) is 15.8. The highest BCUT2D eigenvalue weighted by Gasteiger charge is 2.77. The van der Waals surface area contributed by atoms with E-state index in [9.17, 15) is 0 Å². The average molecular weight is 686 g/mol. The molecule has 3 aromatic carbocycles. The van der Waals surface area contributed by atoms with Crippen LogP contribution in [-0.2, 0) is 11.8 Å². The quantitative estimate of drug-likeness (QED) is 0.256. The lowest BCUT2D eigenvalue weighted by atomic mass is 9.25. The molecule has 0 aromatic heterocycles. The van der Waals surface area contributed by atoms with Crippen LogP contribution in [0.5, 0.6) is 0 Å². The molecule has 1 fully saturated rings. The first-order valence-electron chi connectivity index (χ1n) is 18.3. The highest BCUT2D eigenvalue weighted by molar-refractivity contribution is 6.30. The van der Waals surface area contributed by atoms with Crippen LogP contribution < -0.4 is 0 Å². The van der Waals surface area contributed by atoms with E-state index in [1.807, 2.05) is 0 Å². The minimum atomic E-state index is -0.519. The van der Waals surface area contributed by atoms with Gasteiger partial charge in [0.15, 0.2) is 0 Å². The zero-order valence-corrected chi connectivity index (χ0v) is 32.0. The van der Waals surface area contributed by atoms with Gasteiger partial charge in [-0.25, -0.2) is 0 Å². The summed E-state index contributed by atoms with van der Waals surface area (Å²) in [5.41, 5.74) is 11.9. The number of halogens is 2. The molecule has 0 spiro atoms. The molecule has 1 saturated carbocycles. The van der Waals surface area contributed by atoms with Gasteiger partial charge in [0.05, 0.1) is 5.41 Å². The molecule has 0 saturated heterocycles. The van der Waals surface area contributed by atoms with Crippen LogP contribution in [0.15, 0.2) is 125 Å². The van der Waals surface area contributed by atoms with Crippen molar-refractivity contribution in [2.24, 2.45) is 33.0 Å². The lowest BCUT2D eigenvalue weighted by Crippen LogP contribution is -2.72. The second-order valence-electron chi connectivity index (χ2n) is 17.3. The summed E-state index contributed by atoms with van der Waals surface area (Å²) in [4.78, 5) is 0. The molecule has 3 unspecified atom stereocenters. The molecule has 2 heteroatoms. The first-order chi connectivity index (χ1) is 23.2. The smallest absolute Gasteiger partial charge is 0.0513 e. The van der Waals surface area contributed by atoms with E-state index in [-0.39, 0.29) is 27.1 Å². The predicted molar refractivity (Wildman–Crippen MR) is 209 cm³/mol. The molecule has 0 bridgehead atoms. The van der Waals surface area contributed by atoms with Crippen LogP contribution in [0.3, 0.4) is 0 Å². The summed E-state index contributed by atoms with van der Waals surface area (Å²) in [7, 11) is 0. The van der Waals surface area contributed by atoms with Gasteiger partial charge in [-0.2, -0.15) is 0 Å². The van der Waals surface area contributed by atoms with Crippen molar-refractivity contribution in [1.82, 2.24) is 0 Å². The first kappa shape index (κ1) is 33.1. The van der Waals surface area contributed by atoms with Gasteiger partial charge in [0.1, 0.15) is 0 Å². The Bertz CT molecular complexity index is 1980. The minimum Gasteiger partial charge on any atom is -0.0843 e. The molecule has 0 aliphatic heterocycles. The second-order valence-corrected chi connectivity index (χ2v) is 18.2. The lowest BCUT2D eigenvalue weighted by molar-refractivity contribution is -0.206. The maximum absolute atomic E-state index is 6.71. The van der Waals surface area contributed by atoms with Gasteiger partial charge in [0.2, 0.25) is 0 Å². The zero-order chi connectivity index (χ0) is 34.8. The molecule has 0 amide bonds. The normalized spacial score (nSPS) is 28.9. The topological polar surface area (TPSA) is 0 Å². The van der Waals surface area contributed by atoms with E-state index < -0.39 is 5.41 Å². The maximum Gasteiger partial charge on any atom is 0.0513 e. The van der Waals surface area contributed by atoms with Gasteiger partial charge in [0.25, 0.3) is 0 Å². The number of benzene rings is 3. The van der Waals surface area contributed by atoms with Gasteiger partial charge >= 0.3 is 0 Å². The molecule has 5 aliphatic rings. The van der Waals surface area contributed by atoms with Crippen molar-refractivity contribution in [2.45, 2.75) is 86.5 Å². The van der Waals surface area contributed by atoms with Crippen molar-refractivity contribution in [3.05, 3.63) is 158 Å². The third-order valence-corrected chi connectivity index (χ3v) is 16.3. The number of allylic oxidation sites excluding steroid dienone is 10. The maximum atomic E-state index is 6.71. The van der Waals surface area contributed by atoms with Crippen LogP contribution in [-0.4, -0.2) is 0 Å². The van der Waals surface area contributed by atoms with E-state index in [0.29, 0.717) is 5.92 Å². The molecular formula is C47H50Cl2. The summed E-state index contributed by atoms with van der Waals surface area (Å²) in [6, 6.07) is 27.0. The summed E-state index contributed by atoms with van der Waals surface area (Å²) >= 11 is 13.4. The van der Waals surface area contributed by atoms with Gasteiger partial charge in [-0.1, -0.05) is 169 Å². The molecule has 0 nitrogen and oxygen atoms in total. The predicted octanol–water partition coefficient (Wildman–Crippen LogP) is 13.6. The average Bonchev–Trinajstić information content (AvgIpc) is 3.75. The molecule has 8 rings (SSSR count). The van der Waals surface area contributed by atoms with Gasteiger partial charge in [-0.15, -0.1) is 0 Å². The molecule has 49 heavy (non-hydrogen) atoms. The first-order valence-corrected chi connectivity index (χ1v) is 19.0. The van der Waals surface area contributed by atoms with Gasteiger partial charge in [0, 0.05) is 20.9 Å². The summed E-state index contributed by atoms with van der Waals surface area (Å²) in [5.74, 6) is 0.408. The highest BCUT2D eigenvalue weighted by Crippen LogP contribution is 2.83. The fourth-order valence-electron chi connectivity index (χ4n) is 12.1. The van der Waals surface area contributed by atoms with E-state index >= 15 is 0 Å². The minimum absolute atomic E-state index is 0.0409. The number of rotatable bonds is 4. The Balaban J connectivity index is 1.63. The van der Waals surface area contributed by atoms with Gasteiger partial charge < -0.3 is 0 Å². The molecule has 0 N–H and O–H groups in total. The second kappa shape index (κ2) is 10.7. The Kier molecular flexibility index (Phi) is 7.25. The van der Waals surface area contributed by atoms with Crippen LogP contribution >= 0.6 is 23.2 Å².